The number of likely N-dealkylation sites (tertiary alicyclic amines) is 1. The van der Waals surface area contributed by atoms with Crippen LogP contribution in [0.25, 0.3) is 11.1 Å². The monoisotopic (exact) mass is 554 g/mol. The number of ether oxygens (including phenoxy) is 1. The molecule has 8 nitrogen and oxygen atoms in total. The van der Waals surface area contributed by atoms with Crippen molar-refractivity contribution in [3.05, 3.63) is 53.3 Å². The van der Waals surface area contributed by atoms with Crippen LogP contribution in [0.15, 0.2) is 36.4 Å². The number of carbonyl (C=O) groups is 2. The third-order valence-corrected chi connectivity index (χ3v) is 7.55. The quantitative estimate of drug-likeness (QED) is 0.428. The number of piperidine rings is 1. The maximum absolute atomic E-state index is 16.0. The first-order valence-electron chi connectivity index (χ1n) is 13.5. The van der Waals surface area contributed by atoms with Crippen LogP contribution in [0.4, 0.5) is 8.78 Å². The van der Waals surface area contributed by atoms with E-state index in [-0.39, 0.29) is 42.4 Å². The molecule has 214 valence electrons. The maximum atomic E-state index is 16.0. The lowest BCUT2D eigenvalue weighted by atomic mass is 9.93. The maximum Gasteiger partial charge on any atom is 0.261 e. The number of amides is 2. The Hall–Kier alpha value is -3.39. The summed E-state index contributed by atoms with van der Waals surface area (Å²) in [6.07, 6.45) is 0.895. The van der Waals surface area contributed by atoms with Crippen molar-refractivity contribution in [3.63, 3.8) is 0 Å². The molecule has 0 spiro atoms. The van der Waals surface area contributed by atoms with Crippen LogP contribution in [0, 0.1) is 23.1 Å². The zero-order valence-corrected chi connectivity index (χ0v) is 23.1. The predicted molar refractivity (Wildman–Crippen MR) is 146 cm³/mol. The summed E-state index contributed by atoms with van der Waals surface area (Å²) in [7, 11) is 0. The minimum Gasteiger partial charge on any atom is -0.490 e. The van der Waals surface area contributed by atoms with E-state index >= 15 is 4.39 Å². The first kappa shape index (κ1) is 29.6. The summed E-state index contributed by atoms with van der Waals surface area (Å²) >= 11 is 0. The van der Waals surface area contributed by atoms with Crippen LogP contribution >= 0.6 is 0 Å². The second kappa shape index (κ2) is 12.0. The third kappa shape index (κ3) is 6.84. The van der Waals surface area contributed by atoms with Crippen molar-refractivity contribution in [2.45, 2.75) is 57.3 Å². The molecule has 2 fully saturated rings. The highest BCUT2D eigenvalue weighted by Gasteiger charge is 2.41. The lowest BCUT2D eigenvalue weighted by Gasteiger charge is -2.34. The number of alkyl halides is 1. The molecule has 40 heavy (non-hydrogen) atoms. The Morgan fingerprint density at radius 1 is 1.23 bits per heavy atom. The van der Waals surface area contributed by atoms with Crippen LogP contribution in [-0.2, 0) is 4.79 Å². The summed E-state index contributed by atoms with van der Waals surface area (Å²) in [6, 6.07) is 11.5. The smallest absolute Gasteiger partial charge is 0.261 e. The van der Waals surface area contributed by atoms with Crippen LogP contribution in [0.1, 0.15) is 56.0 Å². The molecule has 0 saturated carbocycles. The topological polar surface area (TPSA) is 115 Å². The van der Waals surface area contributed by atoms with E-state index in [2.05, 4.69) is 21.6 Å². The SMILES string of the molecule is CC(C)(F)CN1CCC(COc2ccc(-c3ccccc3C#N)c(C(=O)NC(=O)[C@]3(C)C[C@@H](O)CN3)c2F)CC1. The van der Waals surface area contributed by atoms with E-state index in [0.717, 1.165) is 12.8 Å². The minimum absolute atomic E-state index is 0.101. The summed E-state index contributed by atoms with van der Waals surface area (Å²) in [6.45, 7) is 6.87. The highest BCUT2D eigenvalue weighted by atomic mass is 19.1. The van der Waals surface area contributed by atoms with Gasteiger partial charge in [0.05, 0.1) is 35.4 Å². The number of rotatable bonds is 8. The van der Waals surface area contributed by atoms with Crippen molar-refractivity contribution < 1.29 is 28.2 Å². The third-order valence-electron chi connectivity index (χ3n) is 7.55. The van der Waals surface area contributed by atoms with Crippen molar-refractivity contribution in [2.75, 3.05) is 32.8 Å². The molecule has 3 N–H and O–H groups in total. The molecule has 0 unspecified atom stereocenters. The molecule has 0 aliphatic carbocycles. The van der Waals surface area contributed by atoms with Crippen molar-refractivity contribution in [1.29, 1.82) is 5.26 Å². The van der Waals surface area contributed by atoms with Gasteiger partial charge in [0.15, 0.2) is 11.6 Å². The van der Waals surface area contributed by atoms with Crippen molar-refractivity contribution in [3.8, 4) is 22.9 Å². The second-order valence-electron chi connectivity index (χ2n) is 11.6. The Balaban J connectivity index is 1.57. The van der Waals surface area contributed by atoms with Crippen LogP contribution in [0.5, 0.6) is 5.75 Å². The second-order valence-corrected chi connectivity index (χ2v) is 11.6. The molecule has 2 heterocycles. The van der Waals surface area contributed by atoms with E-state index in [1.807, 2.05) is 0 Å². The standard InChI is InChI=1S/C30H36F2N4O4/c1-29(2,32)18-36-12-10-19(11-13-36)17-40-24-9-8-23(22-7-5-4-6-20(22)15-33)25(26(24)31)27(38)35-28(39)30(3)14-21(37)16-34-30/h4-9,19,21,34,37H,10-14,16-18H2,1-3H3,(H,35,38,39)/t21-,30+/m1/s1. The van der Waals surface area contributed by atoms with E-state index in [1.165, 1.54) is 12.1 Å². The Labute approximate surface area is 233 Å². The number of carbonyl (C=O) groups excluding carboxylic acids is 2. The molecular weight excluding hydrogens is 518 g/mol. The normalized spacial score (nSPS) is 22.1. The Bertz CT molecular complexity index is 1300. The zero-order chi connectivity index (χ0) is 29.1. The number of benzene rings is 2. The van der Waals surface area contributed by atoms with Crippen molar-refractivity contribution in [2.24, 2.45) is 5.92 Å². The van der Waals surface area contributed by atoms with Gasteiger partial charge in [0.2, 0.25) is 5.91 Å². The first-order chi connectivity index (χ1) is 18.9. The lowest BCUT2D eigenvalue weighted by Crippen LogP contribution is -2.52. The summed E-state index contributed by atoms with van der Waals surface area (Å²) in [4.78, 5) is 28.5. The molecule has 0 bridgehead atoms. The van der Waals surface area contributed by atoms with E-state index < -0.39 is 40.5 Å². The number of halogens is 2. The van der Waals surface area contributed by atoms with Gasteiger partial charge in [-0.3, -0.25) is 14.9 Å². The summed E-state index contributed by atoms with van der Waals surface area (Å²) in [5, 5.41) is 24.7. The molecule has 0 aromatic heterocycles. The molecule has 2 aromatic carbocycles. The Morgan fingerprint density at radius 2 is 1.93 bits per heavy atom. The van der Waals surface area contributed by atoms with Gasteiger partial charge in [-0.1, -0.05) is 18.2 Å². The van der Waals surface area contributed by atoms with Crippen LogP contribution in [0.2, 0.25) is 0 Å². The largest absolute Gasteiger partial charge is 0.490 e. The van der Waals surface area contributed by atoms with Gasteiger partial charge < -0.3 is 20.1 Å². The van der Waals surface area contributed by atoms with Crippen LogP contribution in [-0.4, -0.2) is 71.9 Å². The number of nitrogens with one attached hydrogen (secondary N) is 2. The minimum atomic E-state index is -1.28. The van der Waals surface area contributed by atoms with Crippen LogP contribution < -0.4 is 15.4 Å². The summed E-state index contributed by atoms with van der Waals surface area (Å²) in [5.41, 5.74) is -2.14. The van der Waals surface area contributed by atoms with E-state index in [1.54, 1.807) is 45.0 Å². The van der Waals surface area contributed by atoms with E-state index in [0.29, 0.717) is 25.2 Å². The summed E-state index contributed by atoms with van der Waals surface area (Å²) < 4.78 is 35.9. The number of hydrogen-bond acceptors (Lipinski definition) is 7. The molecule has 2 aliphatic rings. The Kier molecular flexibility index (Phi) is 8.88. The molecule has 0 radical (unpaired) electrons. The average Bonchev–Trinajstić information content (AvgIpc) is 3.27. The number of nitriles is 1. The predicted octanol–water partition coefficient (Wildman–Crippen LogP) is 3.57. The van der Waals surface area contributed by atoms with Gasteiger partial charge in [-0.15, -0.1) is 0 Å². The molecule has 10 heteroatoms. The van der Waals surface area contributed by atoms with Crippen molar-refractivity contribution in [1.82, 2.24) is 15.5 Å². The molecule has 2 aromatic rings. The van der Waals surface area contributed by atoms with Gasteiger partial charge in [-0.2, -0.15) is 5.26 Å². The highest BCUT2D eigenvalue weighted by molar-refractivity contribution is 6.11. The number of aliphatic hydroxyl groups is 1. The zero-order valence-electron chi connectivity index (χ0n) is 23.1. The fourth-order valence-corrected chi connectivity index (χ4v) is 5.42. The molecule has 2 aliphatic heterocycles. The number of aliphatic hydroxyl groups excluding tert-OH is 1. The van der Waals surface area contributed by atoms with E-state index in [9.17, 15) is 24.3 Å². The molecule has 2 saturated heterocycles. The van der Waals surface area contributed by atoms with Gasteiger partial charge >= 0.3 is 0 Å². The fourth-order valence-electron chi connectivity index (χ4n) is 5.42. The lowest BCUT2D eigenvalue weighted by molar-refractivity contribution is -0.125. The number of nitrogens with zero attached hydrogens (tertiary/aromatic N) is 2. The molecular formula is C30H36F2N4O4. The van der Waals surface area contributed by atoms with E-state index in [4.69, 9.17) is 4.74 Å². The highest BCUT2D eigenvalue weighted by Crippen LogP contribution is 2.34. The number of imide groups is 1. The summed E-state index contributed by atoms with van der Waals surface area (Å²) in [5.74, 6) is -2.60. The molecule has 2 amide bonds. The van der Waals surface area contributed by atoms with Gasteiger partial charge in [-0.25, -0.2) is 8.78 Å². The molecule has 4 rings (SSSR count). The van der Waals surface area contributed by atoms with Gasteiger partial charge in [-0.05, 0) is 76.4 Å². The first-order valence-corrected chi connectivity index (χ1v) is 13.5. The number of β-amino-alcohol motifs (C(OH)–C–C–N with tert-alkyl or cyclic N) is 1. The Morgan fingerprint density at radius 3 is 2.55 bits per heavy atom. The van der Waals surface area contributed by atoms with Gasteiger partial charge in [0.1, 0.15) is 5.67 Å². The van der Waals surface area contributed by atoms with Crippen molar-refractivity contribution >= 4 is 11.8 Å². The fraction of sp³-hybridized carbons (Fsp3) is 0.500. The van der Waals surface area contributed by atoms with Gasteiger partial charge in [0.25, 0.3) is 5.91 Å². The van der Waals surface area contributed by atoms with Crippen LogP contribution in [0.3, 0.4) is 0 Å². The number of hydrogen-bond donors (Lipinski definition) is 3. The molecule has 2 atom stereocenters. The average molecular weight is 555 g/mol. The van der Waals surface area contributed by atoms with Gasteiger partial charge in [0, 0.05) is 25.1 Å².